The minimum Gasteiger partial charge on any atom is -0.379 e. The van der Waals surface area contributed by atoms with E-state index in [1.54, 1.807) is 6.20 Å². The maximum absolute atomic E-state index is 13.1. The van der Waals surface area contributed by atoms with Crippen molar-refractivity contribution in [3.63, 3.8) is 0 Å². The van der Waals surface area contributed by atoms with Gasteiger partial charge in [-0.1, -0.05) is 0 Å². The SMILES string of the molecule is CSc1ncccc1C(=O)N1CCCCC1CN1CCOCC1. The molecule has 0 radical (unpaired) electrons. The second kappa shape index (κ2) is 8.13. The number of piperidine rings is 1. The van der Waals surface area contributed by atoms with Gasteiger partial charge in [-0.3, -0.25) is 9.69 Å². The summed E-state index contributed by atoms with van der Waals surface area (Å²) in [5.41, 5.74) is 0.744. The fourth-order valence-electron chi connectivity index (χ4n) is 3.41. The number of hydrogen-bond donors (Lipinski definition) is 0. The minimum atomic E-state index is 0.139. The molecule has 2 saturated heterocycles. The Morgan fingerprint density at radius 1 is 1.35 bits per heavy atom. The summed E-state index contributed by atoms with van der Waals surface area (Å²) < 4.78 is 5.43. The Bertz CT molecular complexity index is 534. The van der Waals surface area contributed by atoms with E-state index in [0.29, 0.717) is 6.04 Å². The van der Waals surface area contributed by atoms with E-state index in [9.17, 15) is 4.79 Å². The monoisotopic (exact) mass is 335 g/mol. The highest BCUT2D eigenvalue weighted by Gasteiger charge is 2.30. The number of carbonyl (C=O) groups excluding carboxylic acids is 1. The highest BCUT2D eigenvalue weighted by Crippen LogP contribution is 2.24. The molecular weight excluding hydrogens is 310 g/mol. The molecule has 0 aliphatic carbocycles. The molecule has 3 rings (SSSR count). The number of morpholine rings is 1. The first-order valence-corrected chi connectivity index (χ1v) is 9.62. The molecule has 1 aromatic heterocycles. The Morgan fingerprint density at radius 3 is 2.96 bits per heavy atom. The summed E-state index contributed by atoms with van der Waals surface area (Å²) in [4.78, 5) is 21.9. The van der Waals surface area contributed by atoms with Gasteiger partial charge in [0.1, 0.15) is 5.03 Å². The lowest BCUT2D eigenvalue weighted by Crippen LogP contribution is -2.51. The molecule has 0 spiro atoms. The first kappa shape index (κ1) is 16.7. The van der Waals surface area contributed by atoms with Crippen molar-refractivity contribution in [1.29, 1.82) is 0 Å². The van der Waals surface area contributed by atoms with Crippen LogP contribution in [0.5, 0.6) is 0 Å². The number of rotatable bonds is 4. The summed E-state index contributed by atoms with van der Waals surface area (Å²) >= 11 is 1.54. The van der Waals surface area contributed by atoms with E-state index in [1.807, 2.05) is 18.4 Å². The zero-order valence-corrected chi connectivity index (χ0v) is 14.6. The second-order valence-corrected chi connectivity index (χ2v) is 6.92. The molecule has 1 amide bonds. The van der Waals surface area contributed by atoms with Crippen LogP contribution in [0.25, 0.3) is 0 Å². The molecule has 0 N–H and O–H groups in total. The molecule has 5 nitrogen and oxygen atoms in total. The van der Waals surface area contributed by atoms with E-state index in [1.165, 1.54) is 18.2 Å². The number of carbonyl (C=O) groups is 1. The summed E-state index contributed by atoms with van der Waals surface area (Å²) in [5.74, 6) is 0.139. The first-order valence-electron chi connectivity index (χ1n) is 8.39. The zero-order valence-electron chi connectivity index (χ0n) is 13.7. The summed E-state index contributed by atoms with van der Waals surface area (Å²) in [6, 6.07) is 4.07. The standard InChI is InChI=1S/C17H25N3O2S/c1-23-16-15(6-4-7-18-16)17(21)20-8-3-2-5-14(20)13-19-9-11-22-12-10-19/h4,6-7,14H,2-3,5,8-13H2,1H3. The van der Waals surface area contributed by atoms with E-state index in [2.05, 4.69) is 14.8 Å². The van der Waals surface area contributed by atoms with E-state index in [-0.39, 0.29) is 5.91 Å². The second-order valence-electron chi connectivity index (χ2n) is 6.12. The van der Waals surface area contributed by atoms with Gasteiger partial charge in [0.25, 0.3) is 5.91 Å². The molecule has 6 heteroatoms. The van der Waals surface area contributed by atoms with Crippen molar-refractivity contribution in [1.82, 2.24) is 14.8 Å². The molecule has 2 aliphatic rings. The third kappa shape index (κ3) is 4.05. The number of thioether (sulfide) groups is 1. The lowest BCUT2D eigenvalue weighted by Gasteiger charge is -2.39. The molecule has 2 aliphatic heterocycles. The molecular formula is C17H25N3O2S. The highest BCUT2D eigenvalue weighted by molar-refractivity contribution is 7.98. The predicted octanol–water partition coefficient (Wildman–Crippen LogP) is 2.13. The van der Waals surface area contributed by atoms with Crippen molar-refractivity contribution in [2.45, 2.75) is 30.3 Å². The minimum absolute atomic E-state index is 0.139. The zero-order chi connectivity index (χ0) is 16.1. The van der Waals surface area contributed by atoms with E-state index < -0.39 is 0 Å². The van der Waals surface area contributed by atoms with Gasteiger partial charge in [0.15, 0.2) is 0 Å². The van der Waals surface area contributed by atoms with Crippen LogP contribution < -0.4 is 0 Å². The Balaban J connectivity index is 1.73. The summed E-state index contributed by atoms with van der Waals surface area (Å²) in [6.07, 6.45) is 7.13. The van der Waals surface area contributed by atoms with Crippen LogP contribution in [0.4, 0.5) is 0 Å². The van der Waals surface area contributed by atoms with E-state index >= 15 is 0 Å². The number of nitrogens with zero attached hydrogens (tertiary/aromatic N) is 3. The number of hydrogen-bond acceptors (Lipinski definition) is 5. The van der Waals surface area contributed by atoms with Gasteiger partial charge in [0, 0.05) is 38.4 Å². The van der Waals surface area contributed by atoms with Gasteiger partial charge in [0.2, 0.25) is 0 Å². The Hall–Kier alpha value is -1.11. The molecule has 0 aromatic carbocycles. The molecule has 2 fully saturated rings. The van der Waals surface area contributed by atoms with Gasteiger partial charge < -0.3 is 9.64 Å². The van der Waals surface area contributed by atoms with Crippen molar-refractivity contribution in [2.24, 2.45) is 0 Å². The number of pyridine rings is 1. The van der Waals surface area contributed by atoms with Crippen LogP contribution in [0.3, 0.4) is 0 Å². The van der Waals surface area contributed by atoms with Gasteiger partial charge in [0.05, 0.1) is 18.8 Å². The van der Waals surface area contributed by atoms with Crippen LogP contribution in [0.15, 0.2) is 23.4 Å². The van der Waals surface area contributed by atoms with Crippen molar-refractivity contribution >= 4 is 17.7 Å². The molecule has 3 heterocycles. The molecule has 1 aromatic rings. The quantitative estimate of drug-likeness (QED) is 0.789. The topological polar surface area (TPSA) is 45.7 Å². The van der Waals surface area contributed by atoms with Gasteiger partial charge >= 0.3 is 0 Å². The Kier molecular flexibility index (Phi) is 5.91. The fraction of sp³-hybridized carbons (Fsp3) is 0.647. The van der Waals surface area contributed by atoms with Gasteiger partial charge in [-0.05, 0) is 37.7 Å². The predicted molar refractivity (Wildman–Crippen MR) is 92.0 cm³/mol. The lowest BCUT2D eigenvalue weighted by molar-refractivity contribution is 0.0165. The molecule has 1 atom stereocenters. The molecule has 0 bridgehead atoms. The highest BCUT2D eigenvalue weighted by atomic mass is 32.2. The molecule has 1 unspecified atom stereocenters. The number of ether oxygens (including phenoxy) is 1. The molecule has 0 saturated carbocycles. The van der Waals surface area contributed by atoms with Crippen molar-refractivity contribution in [2.75, 3.05) is 45.6 Å². The average molecular weight is 335 g/mol. The Labute approximate surface area is 142 Å². The first-order chi connectivity index (χ1) is 11.3. The van der Waals surface area contributed by atoms with Crippen molar-refractivity contribution < 1.29 is 9.53 Å². The van der Waals surface area contributed by atoms with Crippen LogP contribution >= 0.6 is 11.8 Å². The number of likely N-dealkylation sites (tertiary alicyclic amines) is 1. The van der Waals surface area contributed by atoms with Crippen LogP contribution in [0.2, 0.25) is 0 Å². The lowest BCUT2D eigenvalue weighted by atomic mass is 10.00. The van der Waals surface area contributed by atoms with Crippen molar-refractivity contribution in [3.05, 3.63) is 23.9 Å². The summed E-state index contributed by atoms with van der Waals surface area (Å²) in [6.45, 7) is 5.38. The normalized spacial score (nSPS) is 23.0. The van der Waals surface area contributed by atoms with Crippen LogP contribution in [0.1, 0.15) is 29.6 Å². The van der Waals surface area contributed by atoms with Gasteiger partial charge in [-0.2, -0.15) is 0 Å². The largest absolute Gasteiger partial charge is 0.379 e. The maximum Gasteiger partial charge on any atom is 0.256 e. The third-order valence-electron chi connectivity index (χ3n) is 4.66. The fourth-order valence-corrected chi connectivity index (χ4v) is 3.95. The smallest absolute Gasteiger partial charge is 0.256 e. The van der Waals surface area contributed by atoms with Crippen LogP contribution in [-0.4, -0.2) is 72.4 Å². The summed E-state index contributed by atoms with van der Waals surface area (Å²) in [7, 11) is 0. The van der Waals surface area contributed by atoms with Gasteiger partial charge in [-0.15, -0.1) is 11.8 Å². The number of aromatic nitrogens is 1. The third-order valence-corrected chi connectivity index (χ3v) is 5.37. The van der Waals surface area contributed by atoms with Crippen LogP contribution in [0, 0.1) is 0 Å². The summed E-state index contributed by atoms with van der Waals surface area (Å²) in [5, 5.41) is 0.827. The number of amides is 1. The van der Waals surface area contributed by atoms with E-state index in [0.717, 1.165) is 62.8 Å². The van der Waals surface area contributed by atoms with Crippen molar-refractivity contribution in [3.8, 4) is 0 Å². The average Bonchev–Trinajstić information content (AvgIpc) is 2.62. The molecule has 23 heavy (non-hydrogen) atoms. The van der Waals surface area contributed by atoms with Gasteiger partial charge in [-0.25, -0.2) is 4.98 Å². The maximum atomic E-state index is 13.1. The van der Waals surface area contributed by atoms with E-state index in [4.69, 9.17) is 4.74 Å². The Morgan fingerprint density at radius 2 is 2.17 bits per heavy atom. The molecule has 126 valence electrons. The van der Waals surface area contributed by atoms with Crippen LogP contribution in [-0.2, 0) is 4.74 Å².